The number of nitrogens with zero attached hydrogens (tertiary/aromatic N) is 2. The Kier molecular flexibility index (Phi) is 4.27. The van der Waals surface area contributed by atoms with Gasteiger partial charge in [0, 0.05) is 24.7 Å². The van der Waals surface area contributed by atoms with E-state index in [0.717, 1.165) is 17.7 Å². The predicted octanol–water partition coefficient (Wildman–Crippen LogP) is 3.49. The molecule has 0 fully saturated rings. The van der Waals surface area contributed by atoms with E-state index >= 15 is 0 Å². The summed E-state index contributed by atoms with van der Waals surface area (Å²) in [5.41, 5.74) is 1.75. The average Bonchev–Trinajstić information content (AvgIpc) is 2.82. The van der Waals surface area contributed by atoms with Crippen LogP contribution in [0.2, 0.25) is 10.0 Å². The van der Waals surface area contributed by atoms with Crippen LogP contribution in [-0.2, 0) is 13.0 Å². The van der Waals surface area contributed by atoms with Crippen molar-refractivity contribution < 1.29 is 5.11 Å². The molecule has 3 nitrogen and oxygen atoms in total. The Morgan fingerprint density at radius 3 is 2.72 bits per heavy atom. The lowest BCUT2D eigenvalue weighted by molar-refractivity contribution is 0.178. The largest absolute Gasteiger partial charge is 0.388 e. The third-order valence-corrected chi connectivity index (χ3v) is 3.51. The van der Waals surface area contributed by atoms with Crippen molar-refractivity contribution in [3.8, 4) is 0 Å². The van der Waals surface area contributed by atoms with E-state index < -0.39 is 6.10 Å². The lowest BCUT2D eigenvalue weighted by atomic mass is 10.0. The molecule has 0 spiro atoms. The van der Waals surface area contributed by atoms with E-state index in [9.17, 15) is 5.11 Å². The molecule has 0 aliphatic rings. The van der Waals surface area contributed by atoms with Crippen LogP contribution in [-0.4, -0.2) is 14.9 Å². The molecule has 2 rings (SSSR count). The third kappa shape index (κ3) is 3.05. The van der Waals surface area contributed by atoms with Crippen molar-refractivity contribution in [1.29, 1.82) is 0 Å². The third-order valence-electron chi connectivity index (χ3n) is 2.78. The number of rotatable bonds is 4. The maximum Gasteiger partial charge on any atom is 0.0860 e. The first-order valence-corrected chi connectivity index (χ1v) is 6.50. The Morgan fingerprint density at radius 1 is 1.33 bits per heavy atom. The standard InChI is InChI=1S/C13H14Cl2N2O/c1-2-17-8-10(7-16-17)13(18)6-9-3-4-11(14)12(15)5-9/h3-5,7-8,13,18H,2,6H2,1H3. The fourth-order valence-corrected chi connectivity index (χ4v) is 2.05. The number of aliphatic hydroxyl groups is 1. The summed E-state index contributed by atoms with van der Waals surface area (Å²) in [6.07, 6.45) is 3.45. The highest BCUT2D eigenvalue weighted by Crippen LogP contribution is 2.25. The van der Waals surface area contributed by atoms with E-state index in [2.05, 4.69) is 5.10 Å². The maximum atomic E-state index is 10.1. The molecule has 0 amide bonds. The summed E-state index contributed by atoms with van der Waals surface area (Å²) in [5, 5.41) is 15.3. The van der Waals surface area contributed by atoms with Crippen LogP contribution in [0.5, 0.6) is 0 Å². The second-order valence-corrected chi connectivity index (χ2v) is 4.91. The summed E-state index contributed by atoms with van der Waals surface area (Å²) in [6, 6.07) is 5.38. The monoisotopic (exact) mass is 284 g/mol. The SMILES string of the molecule is CCn1cc(C(O)Cc2ccc(Cl)c(Cl)c2)cn1. The second-order valence-electron chi connectivity index (χ2n) is 4.10. The van der Waals surface area contributed by atoms with Crippen LogP contribution in [0.1, 0.15) is 24.2 Å². The molecule has 0 aliphatic heterocycles. The van der Waals surface area contributed by atoms with Crippen LogP contribution in [0.25, 0.3) is 0 Å². The van der Waals surface area contributed by atoms with Gasteiger partial charge in [0.1, 0.15) is 0 Å². The van der Waals surface area contributed by atoms with Crippen LogP contribution in [0.3, 0.4) is 0 Å². The summed E-state index contributed by atoms with van der Waals surface area (Å²) in [5.74, 6) is 0. The first-order chi connectivity index (χ1) is 8.60. The van der Waals surface area contributed by atoms with Gasteiger partial charge in [-0.15, -0.1) is 0 Å². The molecule has 2 aromatic rings. The molecule has 0 saturated heterocycles. The highest BCUT2D eigenvalue weighted by Gasteiger charge is 2.11. The molecule has 0 bridgehead atoms. The van der Waals surface area contributed by atoms with Gasteiger partial charge in [0.2, 0.25) is 0 Å². The van der Waals surface area contributed by atoms with Crippen molar-refractivity contribution in [1.82, 2.24) is 9.78 Å². The first kappa shape index (κ1) is 13.4. The Labute approximate surface area is 116 Å². The molecular formula is C13H14Cl2N2O. The zero-order chi connectivity index (χ0) is 13.1. The summed E-state index contributed by atoms with van der Waals surface area (Å²) in [4.78, 5) is 0. The van der Waals surface area contributed by atoms with Gasteiger partial charge in [-0.3, -0.25) is 4.68 Å². The van der Waals surface area contributed by atoms with Crippen molar-refractivity contribution in [2.75, 3.05) is 0 Å². The van der Waals surface area contributed by atoms with Gasteiger partial charge in [-0.2, -0.15) is 5.10 Å². The lowest BCUT2D eigenvalue weighted by Gasteiger charge is -2.09. The van der Waals surface area contributed by atoms with Gasteiger partial charge >= 0.3 is 0 Å². The second kappa shape index (κ2) is 5.74. The van der Waals surface area contributed by atoms with E-state index in [1.165, 1.54) is 0 Å². The van der Waals surface area contributed by atoms with Gasteiger partial charge in [-0.1, -0.05) is 29.3 Å². The molecule has 1 atom stereocenters. The molecule has 1 aromatic heterocycles. The Hall–Kier alpha value is -1.03. The summed E-state index contributed by atoms with van der Waals surface area (Å²) in [7, 11) is 0. The number of aliphatic hydroxyl groups excluding tert-OH is 1. The first-order valence-electron chi connectivity index (χ1n) is 5.74. The highest BCUT2D eigenvalue weighted by molar-refractivity contribution is 6.42. The lowest BCUT2D eigenvalue weighted by Crippen LogP contribution is -2.01. The van der Waals surface area contributed by atoms with Gasteiger partial charge in [0.15, 0.2) is 0 Å². The van der Waals surface area contributed by atoms with Crippen LogP contribution < -0.4 is 0 Å². The van der Waals surface area contributed by atoms with E-state index in [0.29, 0.717) is 16.5 Å². The number of aryl methyl sites for hydroxylation is 1. The topological polar surface area (TPSA) is 38.0 Å². The fraction of sp³-hybridized carbons (Fsp3) is 0.308. The van der Waals surface area contributed by atoms with E-state index in [4.69, 9.17) is 23.2 Å². The molecular weight excluding hydrogens is 271 g/mol. The number of halogens is 2. The molecule has 0 saturated carbocycles. The summed E-state index contributed by atoms with van der Waals surface area (Å²) < 4.78 is 1.79. The van der Waals surface area contributed by atoms with Gasteiger partial charge in [-0.25, -0.2) is 0 Å². The molecule has 1 unspecified atom stereocenters. The Bertz CT molecular complexity index is 540. The smallest absolute Gasteiger partial charge is 0.0860 e. The molecule has 1 N–H and O–H groups in total. The van der Waals surface area contributed by atoms with Crippen LogP contribution >= 0.6 is 23.2 Å². The summed E-state index contributed by atoms with van der Waals surface area (Å²) >= 11 is 11.8. The van der Waals surface area contributed by atoms with Crippen LogP contribution in [0.15, 0.2) is 30.6 Å². The van der Waals surface area contributed by atoms with Crippen LogP contribution in [0, 0.1) is 0 Å². The van der Waals surface area contributed by atoms with Gasteiger partial charge in [0.05, 0.1) is 22.3 Å². The van der Waals surface area contributed by atoms with Crippen molar-refractivity contribution in [2.24, 2.45) is 0 Å². The van der Waals surface area contributed by atoms with Gasteiger partial charge in [0.25, 0.3) is 0 Å². The van der Waals surface area contributed by atoms with Gasteiger partial charge in [-0.05, 0) is 24.6 Å². The minimum atomic E-state index is -0.581. The molecule has 1 heterocycles. The molecule has 18 heavy (non-hydrogen) atoms. The molecule has 1 aromatic carbocycles. The Balaban J connectivity index is 2.10. The van der Waals surface area contributed by atoms with Crippen LogP contribution in [0.4, 0.5) is 0 Å². The maximum absolute atomic E-state index is 10.1. The van der Waals surface area contributed by atoms with Crippen molar-refractivity contribution in [3.63, 3.8) is 0 Å². The van der Waals surface area contributed by atoms with E-state index in [-0.39, 0.29) is 0 Å². The minimum absolute atomic E-state index is 0.492. The molecule has 5 heteroatoms. The van der Waals surface area contributed by atoms with E-state index in [1.807, 2.05) is 19.2 Å². The zero-order valence-electron chi connectivity index (χ0n) is 9.98. The molecule has 0 radical (unpaired) electrons. The normalized spacial score (nSPS) is 12.7. The quantitative estimate of drug-likeness (QED) is 0.933. The Morgan fingerprint density at radius 2 is 2.11 bits per heavy atom. The number of hydrogen-bond donors (Lipinski definition) is 1. The van der Waals surface area contributed by atoms with Crippen molar-refractivity contribution in [3.05, 3.63) is 51.8 Å². The number of benzene rings is 1. The van der Waals surface area contributed by atoms with Gasteiger partial charge < -0.3 is 5.11 Å². The number of aromatic nitrogens is 2. The van der Waals surface area contributed by atoms with E-state index in [1.54, 1.807) is 23.0 Å². The summed E-state index contributed by atoms with van der Waals surface area (Å²) in [6.45, 7) is 2.79. The molecule has 0 aliphatic carbocycles. The van der Waals surface area contributed by atoms with Crippen molar-refractivity contribution in [2.45, 2.75) is 26.0 Å². The van der Waals surface area contributed by atoms with Crippen molar-refractivity contribution >= 4 is 23.2 Å². The minimum Gasteiger partial charge on any atom is -0.388 e. The highest BCUT2D eigenvalue weighted by atomic mass is 35.5. The zero-order valence-corrected chi connectivity index (χ0v) is 11.5. The molecule has 96 valence electrons. The number of hydrogen-bond acceptors (Lipinski definition) is 2. The average molecular weight is 285 g/mol. The predicted molar refractivity (Wildman–Crippen MR) is 73.0 cm³/mol. The fourth-order valence-electron chi connectivity index (χ4n) is 1.73.